The molecule has 0 heterocycles. The van der Waals surface area contributed by atoms with Crippen LogP contribution in [0.1, 0.15) is 71.6 Å². The van der Waals surface area contributed by atoms with Gasteiger partial charge >= 0.3 is 0 Å². The molecule has 1 N–H and O–H groups in total. The minimum absolute atomic E-state index is 0.0165. The van der Waals surface area contributed by atoms with Crippen LogP contribution >= 0.6 is 0 Å². The van der Waals surface area contributed by atoms with Gasteiger partial charge in [0, 0.05) is 0 Å². The first-order chi connectivity index (χ1) is 9.05. The summed E-state index contributed by atoms with van der Waals surface area (Å²) in [6.45, 7) is 5.11. The fraction of sp³-hybridized carbons (Fsp3) is 1.00. The highest BCUT2D eigenvalue weighted by Crippen LogP contribution is 2.66. The van der Waals surface area contributed by atoms with Crippen molar-refractivity contribution in [2.45, 2.75) is 77.7 Å². The highest BCUT2D eigenvalue weighted by Gasteiger charge is 2.59. The lowest BCUT2D eigenvalue weighted by Crippen LogP contribution is -2.50. The lowest BCUT2D eigenvalue weighted by molar-refractivity contribution is -0.0899. The molecule has 0 bridgehead atoms. The summed E-state index contributed by atoms with van der Waals surface area (Å²) in [4.78, 5) is 0. The number of aliphatic hydroxyl groups excluding tert-OH is 1. The van der Waals surface area contributed by atoms with E-state index in [4.69, 9.17) is 0 Å². The molecule has 6 unspecified atom stereocenters. The van der Waals surface area contributed by atoms with E-state index in [9.17, 15) is 5.11 Å². The standard InChI is InChI=1S/C18H30O/c1-17-9-3-4-13(17)12-5-6-15-16(19)8-11-18(15,2)14(12)7-10-17/h12-16,19H,3-11H2,1-2H3/t12?,13?,14?,15?,16?,17-,18?/m0/s1. The molecule has 0 radical (unpaired) electrons. The fourth-order valence-corrected chi connectivity index (χ4v) is 7.14. The molecule has 4 aliphatic carbocycles. The van der Waals surface area contributed by atoms with Gasteiger partial charge in [0.1, 0.15) is 0 Å². The van der Waals surface area contributed by atoms with Crippen LogP contribution in [0.3, 0.4) is 0 Å². The Morgan fingerprint density at radius 3 is 2.47 bits per heavy atom. The molecule has 4 fully saturated rings. The summed E-state index contributed by atoms with van der Waals surface area (Å²) < 4.78 is 0. The second-order valence-electron chi connectivity index (χ2n) is 8.76. The molecule has 0 spiro atoms. The Bertz CT molecular complexity index is 378. The predicted molar refractivity (Wildman–Crippen MR) is 77.7 cm³/mol. The molecule has 0 aromatic carbocycles. The van der Waals surface area contributed by atoms with E-state index < -0.39 is 0 Å². The van der Waals surface area contributed by atoms with Crippen molar-refractivity contribution in [3.8, 4) is 0 Å². The maximum absolute atomic E-state index is 10.3. The van der Waals surface area contributed by atoms with Gasteiger partial charge in [-0.1, -0.05) is 20.3 Å². The monoisotopic (exact) mass is 262 g/mol. The molecule has 4 aliphatic rings. The smallest absolute Gasteiger partial charge is 0.0573 e. The van der Waals surface area contributed by atoms with Crippen LogP contribution in [0.2, 0.25) is 0 Å². The lowest BCUT2D eigenvalue weighted by Gasteiger charge is -2.57. The summed E-state index contributed by atoms with van der Waals surface area (Å²) >= 11 is 0. The Morgan fingerprint density at radius 2 is 1.63 bits per heavy atom. The van der Waals surface area contributed by atoms with Crippen LogP contribution in [0.4, 0.5) is 0 Å². The van der Waals surface area contributed by atoms with E-state index in [0.29, 0.717) is 16.7 Å². The Kier molecular flexibility index (Phi) is 2.67. The Morgan fingerprint density at radius 1 is 0.789 bits per heavy atom. The first-order valence-electron chi connectivity index (χ1n) is 8.73. The molecular weight excluding hydrogens is 232 g/mol. The third kappa shape index (κ3) is 1.57. The van der Waals surface area contributed by atoms with Crippen molar-refractivity contribution >= 4 is 0 Å². The van der Waals surface area contributed by atoms with Gasteiger partial charge in [0.2, 0.25) is 0 Å². The van der Waals surface area contributed by atoms with E-state index in [1.807, 2.05) is 0 Å². The van der Waals surface area contributed by atoms with Crippen LogP contribution in [0, 0.1) is 34.5 Å². The third-order valence-electron chi connectivity index (χ3n) is 8.17. The molecular formula is C18H30O. The predicted octanol–water partition coefficient (Wildman–Crippen LogP) is 4.39. The van der Waals surface area contributed by atoms with Crippen LogP contribution in [0.5, 0.6) is 0 Å². The van der Waals surface area contributed by atoms with E-state index in [1.165, 1.54) is 51.4 Å². The summed E-state index contributed by atoms with van der Waals surface area (Å²) in [6.07, 6.45) is 12.5. The Balaban J connectivity index is 1.66. The average molecular weight is 262 g/mol. The quantitative estimate of drug-likeness (QED) is 0.686. The number of fused-ring (bicyclic) bond motifs is 5. The van der Waals surface area contributed by atoms with Crippen LogP contribution < -0.4 is 0 Å². The van der Waals surface area contributed by atoms with Gasteiger partial charge in [-0.25, -0.2) is 0 Å². The molecule has 0 amide bonds. The topological polar surface area (TPSA) is 20.2 Å². The average Bonchev–Trinajstić information content (AvgIpc) is 2.90. The van der Waals surface area contributed by atoms with Crippen molar-refractivity contribution in [1.82, 2.24) is 0 Å². The zero-order valence-corrected chi connectivity index (χ0v) is 12.7. The van der Waals surface area contributed by atoms with Crippen molar-refractivity contribution in [2.75, 3.05) is 0 Å². The van der Waals surface area contributed by atoms with Crippen molar-refractivity contribution in [2.24, 2.45) is 34.5 Å². The molecule has 7 atom stereocenters. The largest absolute Gasteiger partial charge is 0.393 e. The molecule has 108 valence electrons. The molecule has 0 saturated heterocycles. The first kappa shape index (κ1) is 12.7. The van der Waals surface area contributed by atoms with Gasteiger partial charge in [0.15, 0.2) is 0 Å². The highest BCUT2D eigenvalue weighted by atomic mass is 16.3. The highest BCUT2D eigenvalue weighted by molar-refractivity contribution is 5.09. The number of hydrogen-bond donors (Lipinski definition) is 1. The van der Waals surface area contributed by atoms with Crippen LogP contribution in [-0.4, -0.2) is 11.2 Å². The minimum atomic E-state index is 0.0165. The minimum Gasteiger partial charge on any atom is -0.393 e. The molecule has 19 heavy (non-hydrogen) atoms. The summed E-state index contributed by atoms with van der Waals surface area (Å²) in [5, 5.41) is 10.3. The van der Waals surface area contributed by atoms with Gasteiger partial charge in [0.25, 0.3) is 0 Å². The van der Waals surface area contributed by atoms with Crippen molar-refractivity contribution in [3.05, 3.63) is 0 Å². The second-order valence-corrected chi connectivity index (χ2v) is 8.76. The van der Waals surface area contributed by atoms with E-state index in [0.717, 1.165) is 24.2 Å². The summed E-state index contributed by atoms with van der Waals surface area (Å²) in [5.41, 5.74) is 1.16. The Labute approximate surface area is 118 Å². The van der Waals surface area contributed by atoms with Gasteiger partial charge in [-0.15, -0.1) is 0 Å². The molecule has 1 nitrogen and oxygen atoms in total. The van der Waals surface area contributed by atoms with E-state index in [-0.39, 0.29) is 6.10 Å². The second kappa shape index (κ2) is 4.00. The van der Waals surface area contributed by atoms with E-state index in [2.05, 4.69) is 13.8 Å². The zero-order chi connectivity index (χ0) is 13.3. The summed E-state index contributed by atoms with van der Waals surface area (Å²) in [5.74, 6) is 3.56. The van der Waals surface area contributed by atoms with Gasteiger partial charge in [-0.05, 0) is 85.9 Å². The zero-order valence-electron chi connectivity index (χ0n) is 12.7. The molecule has 0 aliphatic heterocycles. The van der Waals surface area contributed by atoms with Gasteiger partial charge in [-0.3, -0.25) is 0 Å². The van der Waals surface area contributed by atoms with E-state index >= 15 is 0 Å². The van der Waals surface area contributed by atoms with Crippen molar-refractivity contribution in [3.63, 3.8) is 0 Å². The normalized spacial score (nSPS) is 60.5. The molecule has 4 saturated carbocycles. The fourth-order valence-electron chi connectivity index (χ4n) is 7.14. The lowest BCUT2D eigenvalue weighted by atomic mass is 9.48. The number of aliphatic hydroxyl groups is 1. The van der Waals surface area contributed by atoms with Gasteiger partial charge in [-0.2, -0.15) is 0 Å². The van der Waals surface area contributed by atoms with Gasteiger partial charge in [0.05, 0.1) is 6.10 Å². The third-order valence-corrected chi connectivity index (χ3v) is 8.17. The van der Waals surface area contributed by atoms with Crippen LogP contribution in [-0.2, 0) is 0 Å². The molecule has 0 aromatic heterocycles. The van der Waals surface area contributed by atoms with Crippen LogP contribution in [0.25, 0.3) is 0 Å². The van der Waals surface area contributed by atoms with Crippen molar-refractivity contribution in [1.29, 1.82) is 0 Å². The SMILES string of the molecule is CC12CCC(O)C1CCC1C2CC[C@]2(C)CCCC12. The maximum Gasteiger partial charge on any atom is 0.0573 e. The van der Waals surface area contributed by atoms with E-state index in [1.54, 1.807) is 0 Å². The Hall–Kier alpha value is -0.0400. The van der Waals surface area contributed by atoms with Crippen molar-refractivity contribution < 1.29 is 5.11 Å². The molecule has 1 heteroatoms. The maximum atomic E-state index is 10.3. The molecule has 4 rings (SSSR count). The summed E-state index contributed by atoms with van der Waals surface area (Å²) in [6, 6.07) is 0. The first-order valence-corrected chi connectivity index (χ1v) is 8.73. The number of rotatable bonds is 0. The van der Waals surface area contributed by atoms with Gasteiger partial charge < -0.3 is 5.11 Å². The molecule has 0 aromatic rings. The number of hydrogen-bond acceptors (Lipinski definition) is 1. The van der Waals surface area contributed by atoms with Crippen LogP contribution in [0.15, 0.2) is 0 Å². The summed E-state index contributed by atoms with van der Waals surface area (Å²) in [7, 11) is 0.